The average Bonchev–Trinajstić information content (AvgIpc) is 2.55. The number of hydrogen-bond acceptors (Lipinski definition) is 3. The lowest BCUT2D eigenvalue weighted by Crippen LogP contribution is -2.22. The van der Waals surface area contributed by atoms with Gasteiger partial charge in [-0.2, -0.15) is 0 Å². The van der Waals surface area contributed by atoms with Crippen molar-refractivity contribution in [1.29, 1.82) is 0 Å². The molecule has 1 atom stereocenters. The molecule has 0 radical (unpaired) electrons. The van der Waals surface area contributed by atoms with E-state index in [2.05, 4.69) is 47.7 Å². The first kappa shape index (κ1) is 16.2. The number of pyridine rings is 1. The van der Waals surface area contributed by atoms with Crippen molar-refractivity contribution in [3.05, 3.63) is 65.0 Å². The molecule has 0 bridgehead atoms. The van der Waals surface area contributed by atoms with Crippen molar-refractivity contribution in [1.82, 2.24) is 15.6 Å². The number of aromatic nitrogens is 1. The third kappa shape index (κ3) is 4.15. The molecule has 1 amide bonds. The first-order valence-corrected chi connectivity index (χ1v) is 7.64. The van der Waals surface area contributed by atoms with Crippen LogP contribution in [-0.2, 0) is 6.42 Å². The number of nitrogens with zero attached hydrogens (tertiary/aromatic N) is 1. The number of carbonyl (C=O) groups is 1. The van der Waals surface area contributed by atoms with Gasteiger partial charge in [0.1, 0.15) is 5.69 Å². The minimum atomic E-state index is -0.153. The average molecular weight is 297 g/mol. The van der Waals surface area contributed by atoms with Crippen LogP contribution in [-0.4, -0.2) is 24.5 Å². The number of carbonyl (C=O) groups excluding carboxylic acids is 1. The van der Waals surface area contributed by atoms with Crippen LogP contribution in [0.5, 0.6) is 0 Å². The van der Waals surface area contributed by atoms with E-state index in [-0.39, 0.29) is 11.9 Å². The smallest absolute Gasteiger partial charge is 0.269 e. The van der Waals surface area contributed by atoms with Gasteiger partial charge in [0.25, 0.3) is 5.91 Å². The molecule has 1 heterocycles. The SMILES string of the molecule is CCNC(C)c1cc(Cc2ccccc2)nc(C(=O)NC)c1. The Morgan fingerprint density at radius 1 is 1.23 bits per heavy atom. The molecule has 22 heavy (non-hydrogen) atoms. The summed E-state index contributed by atoms with van der Waals surface area (Å²) in [7, 11) is 1.63. The molecule has 0 aliphatic carbocycles. The van der Waals surface area contributed by atoms with Crippen LogP contribution in [0.2, 0.25) is 0 Å². The highest BCUT2D eigenvalue weighted by atomic mass is 16.1. The molecule has 2 aromatic rings. The molecule has 0 aliphatic rings. The maximum Gasteiger partial charge on any atom is 0.269 e. The molecule has 2 rings (SSSR count). The lowest BCUT2D eigenvalue weighted by Gasteiger charge is -2.15. The summed E-state index contributed by atoms with van der Waals surface area (Å²) < 4.78 is 0. The summed E-state index contributed by atoms with van der Waals surface area (Å²) in [5.41, 5.74) is 3.65. The van der Waals surface area contributed by atoms with Crippen LogP contribution in [0.3, 0.4) is 0 Å². The predicted octanol–water partition coefficient (Wildman–Crippen LogP) is 2.70. The van der Waals surface area contributed by atoms with E-state index in [0.717, 1.165) is 24.2 Å². The van der Waals surface area contributed by atoms with E-state index in [1.54, 1.807) is 7.05 Å². The molecule has 0 fully saturated rings. The van der Waals surface area contributed by atoms with E-state index in [1.165, 1.54) is 5.56 Å². The predicted molar refractivity (Wildman–Crippen MR) is 89.0 cm³/mol. The van der Waals surface area contributed by atoms with Gasteiger partial charge in [-0.05, 0) is 36.7 Å². The molecule has 116 valence electrons. The fraction of sp³-hybridized carbons (Fsp3) is 0.333. The summed E-state index contributed by atoms with van der Waals surface area (Å²) in [6.45, 7) is 5.05. The second-order valence-corrected chi connectivity index (χ2v) is 5.30. The molecule has 4 heteroatoms. The van der Waals surface area contributed by atoms with Gasteiger partial charge >= 0.3 is 0 Å². The van der Waals surface area contributed by atoms with Crippen LogP contribution >= 0.6 is 0 Å². The molecule has 1 aromatic carbocycles. The quantitative estimate of drug-likeness (QED) is 0.862. The van der Waals surface area contributed by atoms with Gasteiger partial charge in [0, 0.05) is 25.2 Å². The molecule has 1 aromatic heterocycles. The van der Waals surface area contributed by atoms with E-state index in [1.807, 2.05) is 24.3 Å². The maximum absolute atomic E-state index is 12.0. The van der Waals surface area contributed by atoms with E-state index < -0.39 is 0 Å². The number of hydrogen-bond donors (Lipinski definition) is 2. The first-order valence-electron chi connectivity index (χ1n) is 7.64. The second-order valence-electron chi connectivity index (χ2n) is 5.30. The second kappa shape index (κ2) is 7.71. The van der Waals surface area contributed by atoms with Crippen molar-refractivity contribution in [2.24, 2.45) is 0 Å². The summed E-state index contributed by atoms with van der Waals surface area (Å²) in [6, 6.07) is 14.3. The summed E-state index contributed by atoms with van der Waals surface area (Å²) in [6.07, 6.45) is 0.720. The highest BCUT2D eigenvalue weighted by Crippen LogP contribution is 2.17. The van der Waals surface area contributed by atoms with Gasteiger partial charge < -0.3 is 10.6 Å². The number of rotatable bonds is 6. The summed E-state index contributed by atoms with van der Waals surface area (Å²) in [4.78, 5) is 16.5. The van der Waals surface area contributed by atoms with Gasteiger partial charge in [-0.3, -0.25) is 4.79 Å². The van der Waals surface area contributed by atoms with Crippen molar-refractivity contribution < 1.29 is 4.79 Å². The third-order valence-electron chi connectivity index (χ3n) is 3.60. The van der Waals surface area contributed by atoms with Crippen molar-refractivity contribution >= 4 is 5.91 Å². The zero-order valence-corrected chi connectivity index (χ0v) is 13.4. The van der Waals surface area contributed by atoms with Crippen LogP contribution in [0, 0.1) is 0 Å². The van der Waals surface area contributed by atoms with E-state index >= 15 is 0 Å². The molecule has 2 N–H and O–H groups in total. The van der Waals surface area contributed by atoms with Crippen LogP contribution in [0.4, 0.5) is 0 Å². The van der Waals surface area contributed by atoms with Crippen LogP contribution < -0.4 is 10.6 Å². The summed E-state index contributed by atoms with van der Waals surface area (Å²) in [5.74, 6) is -0.153. The standard InChI is InChI=1S/C18H23N3O/c1-4-20-13(2)15-11-16(10-14-8-6-5-7-9-14)21-17(12-15)18(22)19-3/h5-9,11-13,20H,4,10H2,1-3H3,(H,19,22). The van der Waals surface area contributed by atoms with Crippen molar-refractivity contribution in [3.63, 3.8) is 0 Å². The van der Waals surface area contributed by atoms with Gasteiger partial charge in [0.2, 0.25) is 0 Å². The Bertz CT molecular complexity index is 625. The van der Waals surface area contributed by atoms with Crippen molar-refractivity contribution in [3.8, 4) is 0 Å². The van der Waals surface area contributed by atoms with Crippen molar-refractivity contribution in [2.75, 3.05) is 13.6 Å². The molecular formula is C18H23N3O. The Morgan fingerprint density at radius 3 is 2.59 bits per heavy atom. The largest absolute Gasteiger partial charge is 0.354 e. The fourth-order valence-corrected chi connectivity index (χ4v) is 2.43. The Balaban J connectivity index is 2.35. The van der Waals surface area contributed by atoms with Gasteiger partial charge in [-0.1, -0.05) is 37.3 Å². The number of nitrogens with one attached hydrogen (secondary N) is 2. The lowest BCUT2D eigenvalue weighted by atomic mass is 10.0. The molecular weight excluding hydrogens is 274 g/mol. The fourth-order valence-electron chi connectivity index (χ4n) is 2.43. The molecule has 4 nitrogen and oxygen atoms in total. The topological polar surface area (TPSA) is 54.0 Å². The summed E-state index contributed by atoms with van der Waals surface area (Å²) in [5, 5.41) is 6.03. The zero-order valence-electron chi connectivity index (χ0n) is 13.4. The first-order chi connectivity index (χ1) is 10.6. The van der Waals surface area contributed by atoms with Crippen LogP contribution in [0.25, 0.3) is 0 Å². The van der Waals surface area contributed by atoms with E-state index in [0.29, 0.717) is 5.69 Å². The van der Waals surface area contributed by atoms with Crippen molar-refractivity contribution in [2.45, 2.75) is 26.3 Å². The van der Waals surface area contributed by atoms with E-state index in [4.69, 9.17) is 0 Å². The minimum absolute atomic E-state index is 0.153. The Morgan fingerprint density at radius 2 is 1.95 bits per heavy atom. The third-order valence-corrected chi connectivity index (χ3v) is 3.60. The van der Waals surface area contributed by atoms with Gasteiger partial charge in [0.05, 0.1) is 0 Å². The number of amides is 1. The molecule has 1 unspecified atom stereocenters. The highest BCUT2D eigenvalue weighted by molar-refractivity contribution is 5.92. The van der Waals surface area contributed by atoms with Crippen LogP contribution in [0.15, 0.2) is 42.5 Å². The number of benzene rings is 1. The molecule has 0 spiro atoms. The van der Waals surface area contributed by atoms with Gasteiger partial charge in [0.15, 0.2) is 0 Å². The van der Waals surface area contributed by atoms with E-state index in [9.17, 15) is 4.79 Å². The molecule has 0 aliphatic heterocycles. The normalized spacial score (nSPS) is 12.0. The molecule has 0 saturated carbocycles. The monoisotopic (exact) mass is 297 g/mol. The Kier molecular flexibility index (Phi) is 5.67. The van der Waals surface area contributed by atoms with Crippen LogP contribution in [0.1, 0.15) is 47.2 Å². The zero-order chi connectivity index (χ0) is 15.9. The highest BCUT2D eigenvalue weighted by Gasteiger charge is 2.13. The minimum Gasteiger partial charge on any atom is -0.354 e. The molecule has 0 saturated heterocycles. The Hall–Kier alpha value is -2.20. The van der Waals surface area contributed by atoms with Gasteiger partial charge in [-0.25, -0.2) is 4.98 Å². The van der Waals surface area contributed by atoms with Gasteiger partial charge in [-0.15, -0.1) is 0 Å². The Labute approximate surface area is 132 Å². The maximum atomic E-state index is 12.0. The summed E-state index contributed by atoms with van der Waals surface area (Å²) >= 11 is 0. The lowest BCUT2D eigenvalue weighted by molar-refractivity contribution is 0.0958.